The van der Waals surface area contributed by atoms with Crippen molar-refractivity contribution in [3.63, 3.8) is 0 Å². The van der Waals surface area contributed by atoms with Gasteiger partial charge < -0.3 is 5.32 Å². The monoisotopic (exact) mass is 401 g/mol. The Kier molecular flexibility index (Phi) is 4.70. The van der Waals surface area contributed by atoms with Crippen molar-refractivity contribution < 1.29 is 8.42 Å². The van der Waals surface area contributed by atoms with Gasteiger partial charge in [-0.15, -0.1) is 0 Å². The lowest BCUT2D eigenvalue weighted by atomic mass is 10.1. The van der Waals surface area contributed by atoms with Crippen molar-refractivity contribution in [3.8, 4) is 0 Å². The van der Waals surface area contributed by atoms with Gasteiger partial charge in [0.2, 0.25) is 0 Å². The molecule has 0 amide bonds. The lowest BCUT2D eigenvalue weighted by molar-refractivity contribution is 0.602. The molecule has 0 aliphatic rings. The van der Waals surface area contributed by atoms with Crippen LogP contribution in [0.1, 0.15) is 18.5 Å². The Morgan fingerprint density at radius 3 is 2.20 bits per heavy atom. The Hall–Kier alpha value is -1.08. The number of sulfone groups is 1. The predicted octanol–water partition coefficient (Wildman–Crippen LogP) is 3.87. The number of hydrogen-bond donors (Lipinski definition) is 1. The maximum absolute atomic E-state index is 11.4. The quantitative estimate of drug-likeness (QED) is 0.792. The summed E-state index contributed by atoms with van der Waals surface area (Å²) in [5.41, 5.74) is 2.13. The van der Waals surface area contributed by atoms with Crippen LogP contribution < -0.4 is 5.32 Å². The molecule has 1 atom stereocenters. The Bertz CT molecular complexity index is 696. The average Bonchev–Trinajstić information content (AvgIpc) is 2.40. The normalized spacial score (nSPS) is 12.9. The molecule has 0 aliphatic carbocycles. The van der Waals surface area contributed by atoms with E-state index in [1.54, 1.807) is 12.1 Å². The SMILES string of the molecule is CC(Nc1ccccc1I)c1ccc(S(C)(=O)=O)cc1. The van der Waals surface area contributed by atoms with Gasteiger partial charge in [0.15, 0.2) is 9.84 Å². The first-order valence-electron chi connectivity index (χ1n) is 6.19. The summed E-state index contributed by atoms with van der Waals surface area (Å²) in [5.74, 6) is 0. The molecule has 0 saturated carbocycles. The molecule has 5 heteroatoms. The van der Waals surface area contributed by atoms with Crippen molar-refractivity contribution in [3.05, 3.63) is 57.7 Å². The molecule has 2 rings (SSSR count). The van der Waals surface area contributed by atoms with Gasteiger partial charge in [-0.05, 0) is 59.3 Å². The van der Waals surface area contributed by atoms with Gasteiger partial charge in [-0.25, -0.2) is 8.42 Å². The second-order valence-corrected chi connectivity index (χ2v) is 7.86. The summed E-state index contributed by atoms with van der Waals surface area (Å²) in [6.45, 7) is 2.05. The summed E-state index contributed by atoms with van der Waals surface area (Å²) < 4.78 is 24.0. The molecular weight excluding hydrogens is 385 g/mol. The van der Waals surface area contributed by atoms with Crippen LogP contribution in [0.3, 0.4) is 0 Å². The van der Waals surface area contributed by atoms with Crippen molar-refractivity contribution in [2.45, 2.75) is 17.9 Å². The zero-order chi connectivity index (χ0) is 14.8. The summed E-state index contributed by atoms with van der Waals surface area (Å²) in [5, 5.41) is 3.43. The molecule has 20 heavy (non-hydrogen) atoms. The van der Waals surface area contributed by atoms with Gasteiger partial charge in [-0.1, -0.05) is 24.3 Å². The number of nitrogens with one attached hydrogen (secondary N) is 1. The van der Waals surface area contributed by atoms with E-state index in [1.807, 2.05) is 36.4 Å². The van der Waals surface area contributed by atoms with Crippen LogP contribution in [-0.2, 0) is 9.84 Å². The largest absolute Gasteiger partial charge is 0.378 e. The third-order valence-corrected chi connectivity index (χ3v) is 5.12. The molecule has 1 unspecified atom stereocenters. The van der Waals surface area contributed by atoms with Gasteiger partial charge in [0.25, 0.3) is 0 Å². The van der Waals surface area contributed by atoms with Gasteiger partial charge in [0.05, 0.1) is 4.90 Å². The minimum absolute atomic E-state index is 0.111. The van der Waals surface area contributed by atoms with Crippen molar-refractivity contribution in [2.75, 3.05) is 11.6 Å². The minimum atomic E-state index is -3.13. The van der Waals surface area contributed by atoms with Crippen LogP contribution in [0.25, 0.3) is 0 Å². The van der Waals surface area contributed by atoms with Crippen LogP contribution in [0.15, 0.2) is 53.4 Å². The highest BCUT2D eigenvalue weighted by atomic mass is 127. The first-order valence-corrected chi connectivity index (χ1v) is 9.16. The summed E-state index contributed by atoms with van der Waals surface area (Å²) in [4.78, 5) is 0.350. The Morgan fingerprint density at radius 2 is 1.65 bits per heavy atom. The summed E-state index contributed by atoms with van der Waals surface area (Å²) in [7, 11) is -3.13. The molecule has 2 aromatic carbocycles. The second-order valence-electron chi connectivity index (χ2n) is 4.69. The highest BCUT2D eigenvalue weighted by Crippen LogP contribution is 2.24. The maximum atomic E-state index is 11.4. The maximum Gasteiger partial charge on any atom is 0.175 e. The Balaban J connectivity index is 2.18. The first kappa shape index (κ1) is 15.3. The molecule has 0 saturated heterocycles. The molecule has 0 radical (unpaired) electrons. The Morgan fingerprint density at radius 1 is 1.05 bits per heavy atom. The van der Waals surface area contributed by atoms with Crippen molar-refractivity contribution in [1.29, 1.82) is 0 Å². The zero-order valence-corrected chi connectivity index (χ0v) is 14.3. The van der Waals surface area contributed by atoms with E-state index in [0.717, 1.165) is 14.8 Å². The highest BCUT2D eigenvalue weighted by molar-refractivity contribution is 14.1. The third kappa shape index (κ3) is 3.73. The van der Waals surface area contributed by atoms with E-state index in [1.165, 1.54) is 6.26 Å². The molecular formula is C15H16INO2S. The fourth-order valence-electron chi connectivity index (χ4n) is 1.90. The van der Waals surface area contributed by atoms with Crippen LogP contribution in [-0.4, -0.2) is 14.7 Å². The molecule has 0 aliphatic heterocycles. The van der Waals surface area contributed by atoms with Gasteiger partial charge in [-0.2, -0.15) is 0 Å². The number of halogens is 1. The second kappa shape index (κ2) is 6.13. The van der Waals surface area contributed by atoms with Crippen molar-refractivity contribution in [1.82, 2.24) is 0 Å². The van der Waals surface area contributed by atoms with E-state index in [-0.39, 0.29) is 6.04 Å². The van der Waals surface area contributed by atoms with Crippen molar-refractivity contribution >= 4 is 38.1 Å². The highest BCUT2D eigenvalue weighted by Gasteiger charge is 2.10. The number of hydrogen-bond acceptors (Lipinski definition) is 3. The van der Waals surface area contributed by atoms with Gasteiger partial charge in [0.1, 0.15) is 0 Å². The molecule has 2 aromatic rings. The Labute approximate surface area is 133 Å². The van der Waals surface area contributed by atoms with Gasteiger partial charge >= 0.3 is 0 Å². The number of anilines is 1. The summed E-state index contributed by atoms with van der Waals surface area (Å²) in [6.07, 6.45) is 1.22. The number of benzene rings is 2. The molecule has 106 valence electrons. The van der Waals surface area contributed by atoms with Crippen LogP contribution >= 0.6 is 22.6 Å². The molecule has 0 fully saturated rings. The van der Waals surface area contributed by atoms with Gasteiger partial charge in [-0.3, -0.25) is 0 Å². The van der Waals surface area contributed by atoms with Crippen LogP contribution in [0.2, 0.25) is 0 Å². The number of para-hydroxylation sites is 1. The molecule has 0 spiro atoms. The van der Waals surface area contributed by atoms with Crippen LogP contribution in [0, 0.1) is 3.57 Å². The topological polar surface area (TPSA) is 46.2 Å². The fourth-order valence-corrected chi connectivity index (χ4v) is 3.07. The van der Waals surface area contributed by atoms with E-state index >= 15 is 0 Å². The first-order chi connectivity index (χ1) is 9.38. The predicted molar refractivity (Wildman–Crippen MR) is 90.7 cm³/mol. The van der Waals surface area contributed by atoms with E-state index in [0.29, 0.717) is 4.90 Å². The third-order valence-electron chi connectivity index (χ3n) is 3.05. The smallest absolute Gasteiger partial charge is 0.175 e. The molecule has 0 aromatic heterocycles. The zero-order valence-electron chi connectivity index (χ0n) is 11.3. The average molecular weight is 401 g/mol. The minimum Gasteiger partial charge on any atom is -0.378 e. The lowest BCUT2D eigenvalue weighted by Crippen LogP contribution is -2.08. The van der Waals surface area contributed by atoms with Crippen molar-refractivity contribution in [2.24, 2.45) is 0 Å². The molecule has 0 bridgehead atoms. The molecule has 1 N–H and O–H groups in total. The molecule has 0 heterocycles. The van der Waals surface area contributed by atoms with E-state index in [2.05, 4.69) is 34.8 Å². The molecule has 3 nitrogen and oxygen atoms in total. The van der Waals surface area contributed by atoms with Gasteiger partial charge in [0, 0.05) is 21.6 Å². The standard InChI is InChI=1S/C15H16INO2S/c1-11(17-15-6-4-3-5-14(15)16)12-7-9-13(10-8-12)20(2,18)19/h3-11,17H,1-2H3. The summed E-state index contributed by atoms with van der Waals surface area (Å²) in [6, 6.07) is 15.2. The van der Waals surface area contributed by atoms with Crippen LogP contribution in [0.4, 0.5) is 5.69 Å². The van der Waals surface area contributed by atoms with E-state index < -0.39 is 9.84 Å². The number of rotatable bonds is 4. The summed E-state index contributed by atoms with van der Waals surface area (Å²) >= 11 is 2.29. The lowest BCUT2D eigenvalue weighted by Gasteiger charge is -2.17. The van der Waals surface area contributed by atoms with E-state index in [9.17, 15) is 8.42 Å². The van der Waals surface area contributed by atoms with E-state index in [4.69, 9.17) is 0 Å². The van der Waals surface area contributed by atoms with Crippen LogP contribution in [0.5, 0.6) is 0 Å². The fraction of sp³-hybridized carbons (Fsp3) is 0.200.